The lowest BCUT2D eigenvalue weighted by Crippen LogP contribution is -2.42. The first-order valence-electron chi connectivity index (χ1n) is 11.7. The summed E-state index contributed by atoms with van der Waals surface area (Å²) in [5, 5.41) is 3.80. The second-order valence-corrected chi connectivity index (χ2v) is 8.72. The summed E-state index contributed by atoms with van der Waals surface area (Å²) in [4.78, 5) is 2.60. The molecule has 0 radical (unpaired) electrons. The molecule has 1 aromatic carbocycles. The molecule has 2 heterocycles. The molecule has 0 bridgehead atoms. The second kappa shape index (κ2) is 11.5. The molecule has 162 valence electrons. The maximum atomic E-state index is 5.82. The van der Waals surface area contributed by atoms with E-state index < -0.39 is 0 Å². The fraction of sp³-hybridized carbons (Fsp3) is 0.680. The summed E-state index contributed by atoms with van der Waals surface area (Å²) >= 11 is 0. The molecule has 1 aromatic rings. The van der Waals surface area contributed by atoms with Crippen molar-refractivity contribution >= 4 is 0 Å². The van der Waals surface area contributed by atoms with Gasteiger partial charge in [0.25, 0.3) is 0 Å². The van der Waals surface area contributed by atoms with Gasteiger partial charge in [0.15, 0.2) is 11.5 Å². The van der Waals surface area contributed by atoms with Crippen LogP contribution in [0.4, 0.5) is 0 Å². The van der Waals surface area contributed by atoms with Gasteiger partial charge in [0.2, 0.25) is 0 Å². The van der Waals surface area contributed by atoms with Crippen molar-refractivity contribution in [1.82, 2.24) is 10.2 Å². The Balaban J connectivity index is 1.61. The molecule has 3 rings (SSSR count). The Morgan fingerprint density at radius 1 is 1.07 bits per heavy atom. The summed E-state index contributed by atoms with van der Waals surface area (Å²) in [6.07, 6.45) is 10.3. The normalized spacial score (nSPS) is 18.4. The number of allylic oxidation sites excluding steroid dienone is 1. The number of hydrogen-bond acceptors (Lipinski definition) is 4. The maximum Gasteiger partial charge on any atom is 0.161 e. The van der Waals surface area contributed by atoms with Crippen LogP contribution in [0, 0.1) is 0 Å². The predicted molar refractivity (Wildman–Crippen MR) is 121 cm³/mol. The van der Waals surface area contributed by atoms with E-state index in [4.69, 9.17) is 9.47 Å². The van der Waals surface area contributed by atoms with Crippen LogP contribution in [-0.4, -0.2) is 43.8 Å². The fourth-order valence-corrected chi connectivity index (χ4v) is 4.42. The van der Waals surface area contributed by atoms with Crippen molar-refractivity contribution in [3.8, 4) is 11.5 Å². The van der Waals surface area contributed by atoms with E-state index in [0.29, 0.717) is 25.2 Å². The number of benzene rings is 1. The predicted octanol–water partition coefficient (Wildman–Crippen LogP) is 5.49. The van der Waals surface area contributed by atoms with E-state index in [1.165, 1.54) is 69.3 Å². The molecule has 29 heavy (non-hydrogen) atoms. The molecule has 2 aliphatic heterocycles. The van der Waals surface area contributed by atoms with Crippen molar-refractivity contribution in [2.75, 3.05) is 32.8 Å². The number of rotatable bonds is 12. The molecule has 0 spiro atoms. The molecule has 0 saturated carbocycles. The quantitative estimate of drug-likeness (QED) is 0.470. The molecule has 4 heteroatoms. The Labute approximate surface area is 177 Å². The smallest absolute Gasteiger partial charge is 0.161 e. The van der Waals surface area contributed by atoms with Crippen LogP contribution in [0.15, 0.2) is 30.5 Å². The van der Waals surface area contributed by atoms with E-state index >= 15 is 0 Å². The fourth-order valence-electron chi connectivity index (χ4n) is 4.42. The van der Waals surface area contributed by atoms with Crippen molar-refractivity contribution in [3.63, 3.8) is 0 Å². The van der Waals surface area contributed by atoms with Crippen LogP contribution in [0.5, 0.6) is 11.5 Å². The second-order valence-electron chi connectivity index (χ2n) is 8.72. The van der Waals surface area contributed by atoms with Gasteiger partial charge in [0.05, 0.1) is 0 Å². The number of fused-ring (bicyclic) bond motifs is 1. The van der Waals surface area contributed by atoms with Crippen LogP contribution in [0.3, 0.4) is 0 Å². The van der Waals surface area contributed by atoms with Gasteiger partial charge in [-0.2, -0.15) is 0 Å². The zero-order chi connectivity index (χ0) is 20.5. The molecule has 0 aromatic heterocycles. The Hall–Kier alpha value is -1.68. The molecule has 1 N–H and O–H groups in total. The van der Waals surface area contributed by atoms with Crippen LogP contribution in [0.2, 0.25) is 0 Å². The Morgan fingerprint density at radius 2 is 1.79 bits per heavy atom. The van der Waals surface area contributed by atoms with E-state index in [1.807, 2.05) is 0 Å². The van der Waals surface area contributed by atoms with Crippen molar-refractivity contribution in [2.24, 2.45) is 0 Å². The Morgan fingerprint density at radius 3 is 2.55 bits per heavy atom. The van der Waals surface area contributed by atoms with Gasteiger partial charge in [-0.25, -0.2) is 0 Å². The molecule has 0 aliphatic carbocycles. The highest BCUT2D eigenvalue weighted by molar-refractivity contribution is 5.45. The van der Waals surface area contributed by atoms with Crippen molar-refractivity contribution < 1.29 is 9.47 Å². The van der Waals surface area contributed by atoms with Crippen LogP contribution in [0.1, 0.15) is 76.7 Å². The lowest BCUT2D eigenvalue weighted by molar-refractivity contribution is 0.171. The van der Waals surface area contributed by atoms with Gasteiger partial charge in [0, 0.05) is 24.2 Å². The molecule has 0 unspecified atom stereocenters. The molecule has 4 nitrogen and oxygen atoms in total. The summed E-state index contributed by atoms with van der Waals surface area (Å²) in [5.74, 6) is 2.13. The molecule has 2 aliphatic rings. The number of nitrogens with zero attached hydrogens (tertiary/aromatic N) is 1. The number of nitrogens with one attached hydrogen (secondary N) is 1. The first-order chi connectivity index (χ1) is 14.2. The first-order valence-corrected chi connectivity index (χ1v) is 11.7. The third kappa shape index (κ3) is 6.67. The van der Waals surface area contributed by atoms with Crippen molar-refractivity contribution in [2.45, 2.75) is 77.2 Å². The molecule has 1 fully saturated rings. The number of ether oxygens (including phenoxy) is 2. The van der Waals surface area contributed by atoms with Gasteiger partial charge >= 0.3 is 0 Å². The van der Waals surface area contributed by atoms with Gasteiger partial charge in [-0.3, -0.25) is 0 Å². The summed E-state index contributed by atoms with van der Waals surface area (Å²) in [6, 6.07) is 6.80. The standard InChI is InChI=1S/C25H40N2O2/c1-4-5-6-7-8-11-20(2)26-23(19-27-14-9-10-15-27)21(3)22-12-13-24-25(18-22)29-17-16-28-24/h12-13,18,21,23,26H,2,4-11,14-17,19H2,1,3H3/t21-,23-/m1/s1. The van der Waals surface area contributed by atoms with Crippen LogP contribution in [0.25, 0.3) is 0 Å². The zero-order valence-corrected chi connectivity index (χ0v) is 18.5. The monoisotopic (exact) mass is 400 g/mol. The van der Waals surface area contributed by atoms with E-state index in [9.17, 15) is 0 Å². The van der Waals surface area contributed by atoms with E-state index in [0.717, 1.165) is 24.5 Å². The Bertz CT molecular complexity index is 640. The van der Waals surface area contributed by atoms with Crippen molar-refractivity contribution in [1.29, 1.82) is 0 Å². The van der Waals surface area contributed by atoms with Gasteiger partial charge in [-0.15, -0.1) is 0 Å². The third-order valence-corrected chi connectivity index (χ3v) is 6.32. The lowest BCUT2D eigenvalue weighted by Gasteiger charge is -2.32. The summed E-state index contributed by atoms with van der Waals surface area (Å²) in [5.41, 5.74) is 2.50. The van der Waals surface area contributed by atoms with E-state index in [2.05, 4.69) is 48.8 Å². The molecule has 1 saturated heterocycles. The molecular weight excluding hydrogens is 360 g/mol. The maximum absolute atomic E-state index is 5.82. The van der Waals surface area contributed by atoms with Gasteiger partial charge in [-0.1, -0.05) is 52.2 Å². The Kier molecular flexibility index (Phi) is 8.72. The summed E-state index contributed by atoms with van der Waals surface area (Å²) < 4.78 is 11.5. The molecular formula is C25H40N2O2. The van der Waals surface area contributed by atoms with Crippen LogP contribution < -0.4 is 14.8 Å². The van der Waals surface area contributed by atoms with Crippen LogP contribution in [-0.2, 0) is 0 Å². The van der Waals surface area contributed by atoms with Gasteiger partial charge < -0.3 is 19.7 Å². The summed E-state index contributed by atoms with van der Waals surface area (Å²) in [6.45, 7) is 13.7. The molecule has 2 atom stereocenters. The largest absolute Gasteiger partial charge is 0.486 e. The minimum Gasteiger partial charge on any atom is -0.486 e. The minimum atomic E-state index is 0.360. The first kappa shape index (κ1) is 22.0. The van der Waals surface area contributed by atoms with E-state index in [-0.39, 0.29) is 0 Å². The number of unbranched alkanes of at least 4 members (excludes halogenated alkanes) is 4. The highest BCUT2D eigenvalue weighted by Gasteiger charge is 2.25. The minimum absolute atomic E-state index is 0.360. The number of likely N-dealkylation sites (tertiary alicyclic amines) is 1. The topological polar surface area (TPSA) is 33.7 Å². The zero-order valence-electron chi connectivity index (χ0n) is 18.5. The highest BCUT2D eigenvalue weighted by atomic mass is 16.6. The average molecular weight is 401 g/mol. The third-order valence-electron chi connectivity index (χ3n) is 6.32. The summed E-state index contributed by atoms with van der Waals surface area (Å²) in [7, 11) is 0. The van der Waals surface area contributed by atoms with Crippen LogP contribution >= 0.6 is 0 Å². The van der Waals surface area contributed by atoms with Gasteiger partial charge in [0.1, 0.15) is 13.2 Å². The van der Waals surface area contributed by atoms with Gasteiger partial charge in [-0.05, 0) is 56.5 Å². The molecule has 0 amide bonds. The average Bonchev–Trinajstić information content (AvgIpc) is 3.25. The lowest BCUT2D eigenvalue weighted by atomic mass is 9.92. The number of hydrogen-bond donors (Lipinski definition) is 1. The van der Waals surface area contributed by atoms with Crippen molar-refractivity contribution in [3.05, 3.63) is 36.0 Å². The SMILES string of the molecule is C=C(CCCCCCC)N[C@H](CN1CCCC1)[C@H](C)c1ccc2c(c1)OCCO2. The highest BCUT2D eigenvalue weighted by Crippen LogP contribution is 2.34. The van der Waals surface area contributed by atoms with E-state index in [1.54, 1.807) is 0 Å².